The lowest BCUT2D eigenvalue weighted by molar-refractivity contribution is 0.0843. The van der Waals surface area contributed by atoms with E-state index in [-0.39, 0.29) is 6.10 Å². The Hall–Kier alpha value is -2.34. The van der Waals surface area contributed by atoms with Crippen molar-refractivity contribution in [3.63, 3.8) is 0 Å². The van der Waals surface area contributed by atoms with Gasteiger partial charge in [-0.15, -0.1) is 10.2 Å². The largest absolute Gasteiger partial charge is 0.485 e. The molecule has 1 atom stereocenters. The second-order valence-electron chi connectivity index (χ2n) is 4.33. The Morgan fingerprint density at radius 3 is 2.95 bits per heavy atom. The van der Waals surface area contributed by atoms with Gasteiger partial charge in [0.15, 0.2) is 34.2 Å². The lowest BCUT2D eigenvalue weighted by Gasteiger charge is -2.25. The van der Waals surface area contributed by atoms with Gasteiger partial charge in [0.25, 0.3) is 0 Å². The van der Waals surface area contributed by atoms with Crippen LogP contribution in [0.3, 0.4) is 0 Å². The summed E-state index contributed by atoms with van der Waals surface area (Å²) in [5, 5.41) is 8.48. The van der Waals surface area contributed by atoms with E-state index in [9.17, 15) is 0 Å². The minimum Gasteiger partial charge on any atom is -0.485 e. The molecule has 3 heterocycles. The number of hydrogen-bond acceptors (Lipinski definition) is 5. The molecule has 100 valence electrons. The average molecular weight is 289 g/mol. The predicted octanol–water partition coefficient (Wildman–Crippen LogP) is 2.29. The van der Waals surface area contributed by atoms with Crippen molar-refractivity contribution in [1.82, 2.24) is 19.6 Å². The second-order valence-corrected chi connectivity index (χ2v) is 4.69. The van der Waals surface area contributed by atoms with Crippen molar-refractivity contribution < 1.29 is 9.47 Å². The fraction of sp³-hybridized carbons (Fsp3) is 0.154. The molecule has 0 aliphatic carbocycles. The Bertz CT molecular complexity index is 789. The van der Waals surface area contributed by atoms with Crippen LogP contribution in [0.4, 0.5) is 0 Å². The van der Waals surface area contributed by atoms with Crippen LogP contribution in [-0.4, -0.2) is 26.2 Å². The van der Waals surface area contributed by atoms with Crippen LogP contribution in [0.2, 0.25) is 5.15 Å². The summed E-state index contributed by atoms with van der Waals surface area (Å²) in [6.45, 7) is 0.373. The zero-order valence-corrected chi connectivity index (χ0v) is 11.0. The Balaban J connectivity index is 1.76. The summed E-state index contributed by atoms with van der Waals surface area (Å²) in [6, 6.07) is 7.53. The summed E-state index contributed by atoms with van der Waals surface area (Å²) >= 11 is 5.98. The van der Waals surface area contributed by atoms with Gasteiger partial charge in [0.1, 0.15) is 6.61 Å². The highest BCUT2D eigenvalue weighted by atomic mass is 35.5. The van der Waals surface area contributed by atoms with Crippen LogP contribution in [0.25, 0.3) is 5.65 Å². The monoisotopic (exact) mass is 288 g/mol. The zero-order valence-electron chi connectivity index (χ0n) is 10.2. The second kappa shape index (κ2) is 4.35. The number of para-hydroxylation sites is 2. The highest BCUT2D eigenvalue weighted by molar-refractivity contribution is 6.32. The molecule has 1 aliphatic heterocycles. The molecule has 0 spiro atoms. The van der Waals surface area contributed by atoms with Crippen LogP contribution < -0.4 is 9.47 Å². The topological polar surface area (TPSA) is 61.5 Å². The van der Waals surface area contributed by atoms with Crippen LogP contribution in [-0.2, 0) is 0 Å². The van der Waals surface area contributed by atoms with Crippen LogP contribution in [0.1, 0.15) is 11.9 Å². The third-order valence-corrected chi connectivity index (χ3v) is 3.37. The van der Waals surface area contributed by atoms with E-state index in [0.717, 1.165) is 5.75 Å². The number of halogens is 1. The molecule has 4 rings (SSSR count). The first-order valence-electron chi connectivity index (χ1n) is 6.06. The smallest absolute Gasteiger partial charge is 0.198 e. The SMILES string of the molecule is Clc1nccn2c(C3COc4ccccc4O3)nnc12. The molecule has 0 fully saturated rings. The third-order valence-electron chi connectivity index (χ3n) is 3.11. The van der Waals surface area contributed by atoms with Gasteiger partial charge in [-0.05, 0) is 12.1 Å². The van der Waals surface area contributed by atoms with Gasteiger partial charge in [0, 0.05) is 12.4 Å². The predicted molar refractivity (Wildman–Crippen MR) is 71.1 cm³/mol. The van der Waals surface area contributed by atoms with Crippen molar-refractivity contribution in [2.45, 2.75) is 6.10 Å². The Morgan fingerprint density at radius 1 is 1.20 bits per heavy atom. The first kappa shape index (κ1) is 11.5. The number of nitrogens with zero attached hydrogens (tertiary/aromatic N) is 4. The molecule has 2 aromatic heterocycles. The molecule has 1 aliphatic rings. The molecule has 0 saturated heterocycles. The van der Waals surface area contributed by atoms with Crippen LogP contribution in [0, 0.1) is 0 Å². The Labute approximate surface area is 118 Å². The Kier molecular flexibility index (Phi) is 2.50. The van der Waals surface area contributed by atoms with Crippen molar-refractivity contribution in [3.8, 4) is 11.5 Å². The van der Waals surface area contributed by atoms with E-state index in [1.54, 1.807) is 16.8 Å². The normalized spacial score (nSPS) is 17.4. The van der Waals surface area contributed by atoms with E-state index >= 15 is 0 Å². The number of benzene rings is 1. The van der Waals surface area contributed by atoms with Gasteiger partial charge in [-0.3, -0.25) is 4.40 Å². The van der Waals surface area contributed by atoms with Gasteiger partial charge in [-0.2, -0.15) is 0 Å². The maximum Gasteiger partial charge on any atom is 0.198 e. The average Bonchev–Trinajstić information content (AvgIpc) is 2.92. The standard InChI is InChI=1S/C13H9ClN4O2/c14-11-13-17-16-12(18(13)6-5-15-11)10-7-19-8-3-1-2-4-9(8)20-10/h1-6,10H,7H2. The summed E-state index contributed by atoms with van der Waals surface area (Å²) in [4.78, 5) is 3.97. The van der Waals surface area contributed by atoms with Crippen LogP contribution in [0.15, 0.2) is 36.7 Å². The fourth-order valence-corrected chi connectivity index (χ4v) is 2.37. The number of fused-ring (bicyclic) bond motifs is 2. The maximum absolute atomic E-state index is 5.98. The first-order chi connectivity index (χ1) is 9.83. The van der Waals surface area contributed by atoms with Crippen molar-refractivity contribution in [1.29, 1.82) is 0 Å². The molecule has 3 aromatic rings. The zero-order chi connectivity index (χ0) is 13.5. The molecule has 6 nitrogen and oxygen atoms in total. The molecule has 1 unspecified atom stereocenters. The van der Waals surface area contributed by atoms with Crippen LogP contribution >= 0.6 is 11.6 Å². The molecule has 7 heteroatoms. The summed E-state index contributed by atoms with van der Waals surface area (Å²) < 4.78 is 13.4. The summed E-state index contributed by atoms with van der Waals surface area (Å²) in [6.07, 6.45) is 3.01. The van der Waals surface area contributed by atoms with E-state index in [1.165, 1.54) is 0 Å². The van der Waals surface area contributed by atoms with E-state index in [1.807, 2.05) is 24.3 Å². The van der Waals surface area contributed by atoms with E-state index in [0.29, 0.717) is 29.0 Å². The number of ether oxygens (including phenoxy) is 2. The van der Waals surface area contributed by atoms with Crippen molar-refractivity contribution in [3.05, 3.63) is 47.6 Å². The van der Waals surface area contributed by atoms with Gasteiger partial charge in [-0.1, -0.05) is 23.7 Å². The van der Waals surface area contributed by atoms with Gasteiger partial charge >= 0.3 is 0 Å². The highest BCUT2D eigenvalue weighted by Crippen LogP contribution is 2.35. The van der Waals surface area contributed by atoms with Gasteiger partial charge in [-0.25, -0.2) is 4.98 Å². The first-order valence-corrected chi connectivity index (χ1v) is 6.44. The van der Waals surface area contributed by atoms with E-state index < -0.39 is 0 Å². The molecule has 0 bridgehead atoms. The summed E-state index contributed by atoms with van der Waals surface area (Å²) in [5.74, 6) is 2.07. The molecule has 0 amide bonds. The Morgan fingerprint density at radius 2 is 2.05 bits per heavy atom. The maximum atomic E-state index is 5.98. The van der Waals surface area contributed by atoms with Crippen molar-refractivity contribution in [2.75, 3.05) is 6.61 Å². The number of aromatic nitrogens is 4. The van der Waals surface area contributed by atoms with E-state index in [4.69, 9.17) is 21.1 Å². The minimum atomic E-state index is -0.335. The quantitative estimate of drug-likeness (QED) is 0.687. The van der Waals surface area contributed by atoms with Gasteiger partial charge in [0.05, 0.1) is 0 Å². The van der Waals surface area contributed by atoms with Crippen LogP contribution in [0.5, 0.6) is 11.5 Å². The third kappa shape index (κ3) is 1.69. The molecule has 0 radical (unpaired) electrons. The summed E-state index contributed by atoms with van der Waals surface area (Å²) in [5.41, 5.74) is 0.506. The molecular formula is C13H9ClN4O2. The summed E-state index contributed by atoms with van der Waals surface area (Å²) in [7, 11) is 0. The lowest BCUT2D eigenvalue weighted by atomic mass is 10.2. The van der Waals surface area contributed by atoms with Crippen molar-refractivity contribution in [2.24, 2.45) is 0 Å². The van der Waals surface area contributed by atoms with Gasteiger partial charge < -0.3 is 9.47 Å². The molecular weight excluding hydrogens is 280 g/mol. The molecule has 0 N–H and O–H groups in total. The fourth-order valence-electron chi connectivity index (χ4n) is 2.18. The van der Waals surface area contributed by atoms with Crippen molar-refractivity contribution >= 4 is 17.2 Å². The lowest BCUT2D eigenvalue weighted by Crippen LogP contribution is -2.23. The van der Waals surface area contributed by atoms with Gasteiger partial charge in [0.2, 0.25) is 0 Å². The minimum absolute atomic E-state index is 0.309. The molecule has 20 heavy (non-hydrogen) atoms. The molecule has 0 saturated carbocycles. The number of hydrogen-bond donors (Lipinski definition) is 0. The highest BCUT2D eigenvalue weighted by Gasteiger charge is 2.27. The number of rotatable bonds is 1. The molecule has 1 aromatic carbocycles. The van der Waals surface area contributed by atoms with E-state index in [2.05, 4.69) is 15.2 Å².